The van der Waals surface area contributed by atoms with Gasteiger partial charge in [0.15, 0.2) is 0 Å². The lowest BCUT2D eigenvalue weighted by molar-refractivity contribution is 0.240. The molecule has 0 unspecified atom stereocenters. The third kappa shape index (κ3) is 2.03. The molecule has 0 saturated carbocycles. The molecular weight excluding hydrogens is 196 g/mol. The number of benzene rings is 1. The average Bonchev–Trinajstić information content (AvgIpc) is 2.26. The number of fused-ring (bicyclic) bond motifs is 1. The van der Waals surface area contributed by atoms with Crippen molar-refractivity contribution < 1.29 is 9.62 Å². The highest BCUT2D eigenvalue weighted by Crippen LogP contribution is 2.19. The maximum absolute atomic E-state index is 10.9. The van der Waals surface area contributed by atoms with Gasteiger partial charge in [0.25, 0.3) is 0 Å². The maximum atomic E-state index is 10.9. The Hall–Kier alpha value is -2.14. The largest absolute Gasteiger partial charge is 0.423 e. The molecule has 1 aromatic heterocycles. The van der Waals surface area contributed by atoms with Crippen molar-refractivity contribution in [1.82, 2.24) is 5.48 Å². The first-order valence-corrected chi connectivity index (χ1v) is 4.26. The van der Waals surface area contributed by atoms with Crippen LogP contribution in [0.4, 0.5) is 5.69 Å². The van der Waals surface area contributed by atoms with E-state index >= 15 is 0 Å². The van der Waals surface area contributed by atoms with Crippen LogP contribution in [0.15, 0.2) is 44.5 Å². The summed E-state index contributed by atoms with van der Waals surface area (Å²) < 4.78 is 4.95. The van der Waals surface area contributed by atoms with Gasteiger partial charge in [-0.25, -0.2) is 9.79 Å². The minimum absolute atomic E-state index is 0.379. The van der Waals surface area contributed by atoms with Crippen LogP contribution in [0.3, 0.4) is 0 Å². The standard InChI is InChI=1S/C10H8N2O3/c13-10-4-1-7-5-8(11-6-12-14)2-3-9(7)15-10/h1-6,14H,(H,11,12). The Balaban J connectivity index is 2.52. The summed E-state index contributed by atoms with van der Waals surface area (Å²) in [6, 6.07) is 8.08. The van der Waals surface area contributed by atoms with E-state index < -0.39 is 0 Å². The molecule has 15 heavy (non-hydrogen) atoms. The highest BCUT2D eigenvalue weighted by atomic mass is 16.5. The molecule has 2 aromatic rings. The molecular formula is C10H8N2O3. The molecule has 5 heteroatoms. The van der Waals surface area contributed by atoms with Gasteiger partial charge >= 0.3 is 5.63 Å². The molecule has 2 rings (SSSR count). The lowest BCUT2D eigenvalue weighted by atomic mass is 10.2. The molecule has 0 aliphatic heterocycles. The Labute approximate surface area is 84.6 Å². The van der Waals surface area contributed by atoms with E-state index in [1.54, 1.807) is 24.3 Å². The van der Waals surface area contributed by atoms with Gasteiger partial charge in [0.2, 0.25) is 0 Å². The lowest BCUT2D eigenvalue weighted by Gasteiger charge is -1.97. The van der Waals surface area contributed by atoms with Gasteiger partial charge in [0.1, 0.15) is 11.9 Å². The van der Waals surface area contributed by atoms with Crippen molar-refractivity contribution in [3.8, 4) is 0 Å². The minimum atomic E-state index is -0.379. The number of rotatable bonds is 2. The van der Waals surface area contributed by atoms with E-state index in [9.17, 15) is 4.79 Å². The second-order valence-electron chi connectivity index (χ2n) is 2.86. The van der Waals surface area contributed by atoms with Crippen molar-refractivity contribution >= 4 is 23.0 Å². The molecule has 2 N–H and O–H groups in total. The van der Waals surface area contributed by atoms with Gasteiger partial charge in [-0.2, -0.15) is 0 Å². The summed E-state index contributed by atoms with van der Waals surface area (Å²) in [5.74, 6) is 0. The van der Waals surface area contributed by atoms with Gasteiger partial charge in [-0.3, -0.25) is 10.7 Å². The predicted octanol–water partition coefficient (Wildman–Crippen LogP) is 1.43. The molecule has 0 aliphatic carbocycles. The average molecular weight is 204 g/mol. The lowest BCUT2D eigenvalue weighted by Crippen LogP contribution is -2.00. The summed E-state index contributed by atoms with van der Waals surface area (Å²) in [6.07, 6.45) is 1.15. The van der Waals surface area contributed by atoms with Gasteiger partial charge in [0.05, 0.1) is 5.69 Å². The molecule has 0 aliphatic rings. The van der Waals surface area contributed by atoms with E-state index in [0.29, 0.717) is 11.3 Å². The summed E-state index contributed by atoms with van der Waals surface area (Å²) in [4.78, 5) is 14.8. The Morgan fingerprint density at radius 1 is 1.33 bits per heavy atom. The SMILES string of the molecule is O=c1ccc2cc(N=CNO)ccc2o1. The van der Waals surface area contributed by atoms with Crippen LogP contribution in [0.25, 0.3) is 11.0 Å². The summed E-state index contributed by atoms with van der Waals surface area (Å²) >= 11 is 0. The van der Waals surface area contributed by atoms with Crippen LogP contribution in [0, 0.1) is 0 Å². The topological polar surface area (TPSA) is 74.8 Å². The van der Waals surface area contributed by atoms with Crippen molar-refractivity contribution in [2.24, 2.45) is 4.99 Å². The summed E-state index contributed by atoms with van der Waals surface area (Å²) in [6.45, 7) is 0. The number of aliphatic imine (C=N–C) groups is 1. The zero-order chi connectivity index (χ0) is 10.7. The van der Waals surface area contributed by atoms with Crippen molar-refractivity contribution in [2.45, 2.75) is 0 Å². The maximum Gasteiger partial charge on any atom is 0.336 e. The van der Waals surface area contributed by atoms with Crippen LogP contribution in [-0.4, -0.2) is 11.5 Å². The van der Waals surface area contributed by atoms with Crippen LogP contribution in [0.2, 0.25) is 0 Å². The van der Waals surface area contributed by atoms with Gasteiger partial charge in [-0.1, -0.05) is 0 Å². The van der Waals surface area contributed by atoms with Gasteiger partial charge < -0.3 is 4.42 Å². The smallest absolute Gasteiger partial charge is 0.336 e. The number of hydrogen-bond acceptors (Lipinski definition) is 4. The van der Waals surface area contributed by atoms with Crippen LogP contribution in [0.5, 0.6) is 0 Å². The third-order valence-electron chi connectivity index (χ3n) is 1.87. The second-order valence-corrected chi connectivity index (χ2v) is 2.86. The van der Waals surface area contributed by atoms with Crippen molar-refractivity contribution in [3.63, 3.8) is 0 Å². The molecule has 0 amide bonds. The fourth-order valence-corrected chi connectivity index (χ4v) is 1.24. The fraction of sp³-hybridized carbons (Fsp3) is 0. The van der Waals surface area contributed by atoms with Crippen LogP contribution < -0.4 is 11.1 Å². The molecule has 0 saturated heterocycles. The first-order chi connectivity index (χ1) is 7.29. The number of nitrogens with one attached hydrogen (secondary N) is 1. The fourth-order valence-electron chi connectivity index (χ4n) is 1.24. The van der Waals surface area contributed by atoms with Crippen LogP contribution in [0.1, 0.15) is 0 Å². The van der Waals surface area contributed by atoms with E-state index in [1.807, 2.05) is 5.48 Å². The molecule has 0 fully saturated rings. The van der Waals surface area contributed by atoms with Crippen LogP contribution >= 0.6 is 0 Å². The Morgan fingerprint density at radius 3 is 3.00 bits per heavy atom. The summed E-state index contributed by atoms with van der Waals surface area (Å²) in [5.41, 5.74) is 2.59. The third-order valence-corrected chi connectivity index (χ3v) is 1.87. The first-order valence-electron chi connectivity index (χ1n) is 4.26. The minimum Gasteiger partial charge on any atom is -0.423 e. The highest BCUT2D eigenvalue weighted by molar-refractivity contribution is 5.80. The zero-order valence-electron chi connectivity index (χ0n) is 7.68. The van der Waals surface area contributed by atoms with E-state index in [-0.39, 0.29) is 5.63 Å². The monoisotopic (exact) mass is 204 g/mol. The molecule has 0 atom stereocenters. The van der Waals surface area contributed by atoms with Crippen molar-refractivity contribution in [1.29, 1.82) is 0 Å². The number of hydrogen-bond donors (Lipinski definition) is 2. The summed E-state index contributed by atoms with van der Waals surface area (Å²) in [5, 5.41) is 9.10. The molecule has 5 nitrogen and oxygen atoms in total. The quantitative estimate of drug-likeness (QED) is 0.336. The van der Waals surface area contributed by atoms with Crippen molar-refractivity contribution in [3.05, 3.63) is 40.8 Å². The molecule has 0 spiro atoms. The van der Waals surface area contributed by atoms with E-state index in [4.69, 9.17) is 9.62 Å². The first kappa shape index (κ1) is 9.42. The predicted molar refractivity (Wildman–Crippen MR) is 55.6 cm³/mol. The zero-order valence-corrected chi connectivity index (χ0v) is 7.68. The van der Waals surface area contributed by atoms with E-state index in [0.717, 1.165) is 11.7 Å². The summed E-state index contributed by atoms with van der Waals surface area (Å²) in [7, 11) is 0. The molecule has 1 aromatic carbocycles. The Bertz CT molecular complexity index is 560. The Morgan fingerprint density at radius 2 is 2.20 bits per heavy atom. The molecule has 1 heterocycles. The van der Waals surface area contributed by atoms with E-state index in [1.165, 1.54) is 6.07 Å². The van der Waals surface area contributed by atoms with Gasteiger partial charge in [-0.15, -0.1) is 0 Å². The molecule has 0 radical (unpaired) electrons. The number of nitrogens with zero attached hydrogens (tertiary/aromatic N) is 1. The Kier molecular flexibility index (Phi) is 2.47. The van der Waals surface area contributed by atoms with Crippen LogP contribution in [-0.2, 0) is 0 Å². The second kappa shape index (κ2) is 3.93. The van der Waals surface area contributed by atoms with Gasteiger partial charge in [0, 0.05) is 11.5 Å². The highest BCUT2D eigenvalue weighted by Gasteiger charge is 1.97. The molecule has 76 valence electrons. The normalized spacial score (nSPS) is 11.0. The molecule has 0 bridgehead atoms. The number of hydroxylamine groups is 1. The van der Waals surface area contributed by atoms with E-state index in [2.05, 4.69) is 4.99 Å². The van der Waals surface area contributed by atoms with Crippen molar-refractivity contribution in [2.75, 3.05) is 0 Å². The van der Waals surface area contributed by atoms with Gasteiger partial charge in [-0.05, 0) is 24.3 Å².